The number of primary amides is 1. The largest absolute Gasteiger partial charge is 0.493 e. The number of nitrogens with zero attached hydrogens (tertiary/aromatic N) is 2. The average Bonchev–Trinajstić information content (AvgIpc) is 3.47. The standard InChI is InChI=1S/C27H26N6O5/c1-37-21-11-15-10-20(25(28)35)33(19(15)13-22(21)38-2)23(14-6-4-3-5-7-14)24(34)26(36)30-16-8-9-17-18(12-16)32-27(29)31-17/h3-13,23-24,34H,1-2H3,(H2,28,35)(H,30,36)(H3,29,31,32). The minimum atomic E-state index is -1.62. The lowest BCUT2D eigenvalue weighted by Crippen LogP contribution is -2.38. The Bertz CT molecular complexity index is 1660. The van der Waals surface area contributed by atoms with Crippen molar-refractivity contribution in [2.24, 2.45) is 5.73 Å². The zero-order valence-corrected chi connectivity index (χ0v) is 20.6. The molecule has 0 saturated carbocycles. The van der Waals surface area contributed by atoms with Gasteiger partial charge in [-0.3, -0.25) is 9.59 Å². The average molecular weight is 515 g/mol. The fourth-order valence-electron chi connectivity index (χ4n) is 4.63. The number of nitrogen functional groups attached to an aromatic ring is 1. The summed E-state index contributed by atoms with van der Waals surface area (Å²) in [6.07, 6.45) is -1.62. The van der Waals surface area contributed by atoms with Crippen LogP contribution in [-0.2, 0) is 4.79 Å². The maximum atomic E-state index is 13.4. The molecule has 5 rings (SSSR count). The Hall–Kier alpha value is -5.03. The van der Waals surface area contributed by atoms with E-state index >= 15 is 0 Å². The van der Waals surface area contributed by atoms with Gasteiger partial charge in [0.15, 0.2) is 23.6 Å². The zero-order chi connectivity index (χ0) is 27.0. The number of H-pyrrole nitrogens is 1. The molecule has 11 nitrogen and oxygen atoms in total. The number of nitrogens with one attached hydrogen (secondary N) is 2. The van der Waals surface area contributed by atoms with Crippen LogP contribution >= 0.6 is 0 Å². The van der Waals surface area contributed by atoms with Crippen molar-refractivity contribution in [3.63, 3.8) is 0 Å². The van der Waals surface area contributed by atoms with Crippen molar-refractivity contribution in [3.8, 4) is 11.5 Å². The van der Waals surface area contributed by atoms with E-state index in [-0.39, 0.29) is 11.6 Å². The van der Waals surface area contributed by atoms with Gasteiger partial charge >= 0.3 is 0 Å². The van der Waals surface area contributed by atoms with Crippen molar-refractivity contribution in [1.29, 1.82) is 0 Å². The van der Waals surface area contributed by atoms with Gasteiger partial charge in [0.1, 0.15) is 5.69 Å². The van der Waals surface area contributed by atoms with E-state index in [1.807, 2.05) is 6.07 Å². The number of aromatic nitrogens is 3. The summed E-state index contributed by atoms with van der Waals surface area (Å²) in [4.78, 5) is 33.1. The van der Waals surface area contributed by atoms with E-state index in [4.69, 9.17) is 20.9 Å². The number of benzene rings is 3. The summed E-state index contributed by atoms with van der Waals surface area (Å²) in [6, 6.07) is 17.9. The number of aliphatic hydroxyl groups is 1. The van der Waals surface area contributed by atoms with Crippen molar-refractivity contribution in [1.82, 2.24) is 14.5 Å². The van der Waals surface area contributed by atoms with Crippen LogP contribution in [0.25, 0.3) is 21.9 Å². The molecule has 2 atom stereocenters. The topological polar surface area (TPSA) is 171 Å². The number of aromatic amines is 1. The third kappa shape index (κ3) is 4.35. The Kier molecular flexibility index (Phi) is 6.35. The number of imidazole rings is 1. The number of fused-ring (bicyclic) bond motifs is 2. The molecule has 5 aromatic rings. The number of nitrogens with two attached hydrogens (primary N) is 2. The molecule has 2 unspecified atom stereocenters. The second-order valence-electron chi connectivity index (χ2n) is 8.67. The maximum Gasteiger partial charge on any atom is 0.265 e. The summed E-state index contributed by atoms with van der Waals surface area (Å²) < 4.78 is 12.4. The number of methoxy groups -OCH3 is 2. The van der Waals surface area contributed by atoms with Crippen LogP contribution in [0.3, 0.4) is 0 Å². The summed E-state index contributed by atoms with van der Waals surface area (Å²) >= 11 is 0. The molecule has 38 heavy (non-hydrogen) atoms. The molecule has 0 fully saturated rings. The Morgan fingerprint density at radius 2 is 1.74 bits per heavy atom. The molecule has 0 bridgehead atoms. The van der Waals surface area contributed by atoms with E-state index in [0.717, 1.165) is 0 Å². The van der Waals surface area contributed by atoms with Crippen LogP contribution in [0.15, 0.2) is 66.7 Å². The molecule has 0 aliphatic carbocycles. The molecule has 7 N–H and O–H groups in total. The third-order valence-corrected chi connectivity index (χ3v) is 6.35. The lowest BCUT2D eigenvalue weighted by atomic mass is 9.99. The van der Waals surface area contributed by atoms with E-state index in [1.54, 1.807) is 65.2 Å². The molecule has 0 spiro atoms. The van der Waals surface area contributed by atoms with Crippen LogP contribution in [0.1, 0.15) is 22.1 Å². The van der Waals surface area contributed by atoms with Gasteiger partial charge in [-0.2, -0.15) is 0 Å². The normalized spacial score (nSPS) is 12.8. The Morgan fingerprint density at radius 1 is 1.03 bits per heavy atom. The highest BCUT2D eigenvalue weighted by molar-refractivity contribution is 6.00. The number of hydrogen-bond donors (Lipinski definition) is 5. The smallest absolute Gasteiger partial charge is 0.265 e. The van der Waals surface area contributed by atoms with E-state index in [1.165, 1.54) is 14.2 Å². The Labute approximate surface area is 217 Å². The predicted octanol–water partition coefficient (Wildman–Crippen LogP) is 2.80. The van der Waals surface area contributed by atoms with Gasteiger partial charge in [-0.1, -0.05) is 30.3 Å². The monoisotopic (exact) mass is 514 g/mol. The summed E-state index contributed by atoms with van der Waals surface area (Å²) in [7, 11) is 3.00. The number of aliphatic hydroxyl groups excluding tert-OH is 1. The van der Waals surface area contributed by atoms with Crippen LogP contribution in [0.2, 0.25) is 0 Å². The lowest BCUT2D eigenvalue weighted by Gasteiger charge is -2.27. The number of hydrogen-bond acceptors (Lipinski definition) is 7. The maximum absolute atomic E-state index is 13.4. The number of carbonyl (C=O) groups is 2. The second-order valence-corrected chi connectivity index (χ2v) is 8.67. The highest BCUT2D eigenvalue weighted by Crippen LogP contribution is 2.37. The molecule has 2 aromatic heterocycles. The number of ether oxygens (including phenoxy) is 2. The SMILES string of the molecule is COc1cc2cc(C(N)=O)n(C(c3ccccc3)C(O)C(=O)Nc3ccc4nc(N)[nH]c4c3)c2cc1OC. The molecule has 0 aliphatic heterocycles. The molecule has 2 amide bonds. The number of carbonyl (C=O) groups excluding carboxylic acids is 2. The van der Waals surface area contributed by atoms with Crippen molar-refractivity contribution in [2.45, 2.75) is 12.1 Å². The minimum Gasteiger partial charge on any atom is -0.493 e. The fourth-order valence-corrected chi connectivity index (χ4v) is 4.63. The summed E-state index contributed by atoms with van der Waals surface area (Å²) in [5, 5.41) is 14.9. The van der Waals surface area contributed by atoms with Crippen molar-refractivity contribution in [3.05, 3.63) is 78.0 Å². The predicted molar refractivity (Wildman–Crippen MR) is 143 cm³/mol. The van der Waals surface area contributed by atoms with Crippen LogP contribution < -0.4 is 26.3 Å². The van der Waals surface area contributed by atoms with Gasteiger partial charge in [0.2, 0.25) is 0 Å². The number of rotatable bonds is 8. The number of anilines is 2. The van der Waals surface area contributed by atoms with Crippen LogP contribution in [0, 0.1) is 0 Å². The zero-order valence-electron chi connectivity index (χ0n) is 20.6. The fraction of sp³-hybridized carbons (Fsp3) is 0.148. The number of amides is 2. The van der Waals surface area contributed by atoms with Gasteiger partial charge in [0, 0.05) is 17.1 Å². The van der Waals surface area contributed by atoms with Crippen molar-refractivity contribution >= 4 is 45.4 Å². The molecule has 2 heterocycles. The molecule has 3 aromatic carbocycles. The quantitative estimate of drug-likeness (QED) is 0.212. The van der Waals surface area contributed by atoms with Crippen LogP contribution in [0.5, 0.6) is 11.5 Å². The Morgan fingerprint density at radius 3 is 2.42 bits per heavy atom. The van der Waals surface area contributed by atoms with Gasteiger partial charge in [-0.15, -0.1) is 0 Å². The first kappa shape index (κ1) is 24.7. The van der Waals surface area contributed by atoms with Crippen LogP contribution in [-0.4, -0.2) is 51.8 Å². The Balaban J connectivity index is 1.63. The highest BCUT2D eigenvalue weighted by atomic mass is 16.5. The van der Waals surface area contributed by atoms with Gasteiger partial charge in [0.05, 0.1) is 36.8 Å². The molecule has 0 radical (unpaired) electrons. The first-order valence-corrected chi connectivity index (χ1v) is 11.7. The molecular formula is C27H26N6O5. The van der Waals surface area contributed by atoms with E-state index in [0.29, 0.717) is 44.7 Å². The molecule has 0 saturated heterocycles. The first-order valence-electron chi connectivity index (χ1n) is 11.7. The van der Waals surface area contributed by atoms with Crippen LogP contribution in [0.4, 0.5) is 11.6 Å². The lowest BCUT2D eigenvalue weighted by molar-refractivity contribution is -0.125. The molecule has 194 valence electrons. The third-order valence-electron chi connectivity index (χ3n) is 6.35. The van der Waals surface area contributed by atoms with Gasteiger partial charge in [-0.25, -0.2) is 4.98 Å². The molecule has 11 heteroatoms. The highest BCUT2D eigenvalue weighted by Gasteiger charge is 2.33. The van der Waals surface area contributed by atoms with E-state index < -0.39 is 24.0 Å². The van der Waals surface area contributed by atoms with E-state index in [9.17, 15) is 14.7 Å². The molecule has 0 aliphatic rings. The van der Waals surface area contributed by atoms with Gasteiger partial charge in [-0.05, 0) is 35.9 Å². The summed E-state index contributed by atoms with van der Waals surface area (Å²) in [5.41, 5.74) is 14.4. The second kappa shape index (κ2) is 9.79. The van der Waals surface area contributed by atoms with E-state index in [2.05, 4.69) is 15.3 Å². The first-order chi connectivity index (χ1) is 18.3. The molecular weight excluding hydrogens is 488 g/mol. The van der Waals surface area contributed by atoms with Crippen molar-refractivity contribution in [2.75, 3.05) is 25.3 Å². The van der Waals surface area contributed by atoms with Gasteiger partial charge < -0.3 is 40.9 Å². The minimum absolute atomic E-state index is 0.102. The van der Waals surface area contributed by atoms with Gasteiger partial charge in [0.25, 0.3) is 11.8 Å². The summed E-state index contributed by atoms with van der Waals surface area (Å²) in [5.74, 6) is -0.303. The summed E-state index contributed by atoms with van der Waals surface area (Å²) in [6.45, 7) is 0. The van der Waals surface area contributed by atoms with Crippen molar-refractivity contribution < 1.29 is 24.2 Å².